The molecule has 7 saturated carbocycles. The van der Waals surface area contributed by atoms with Crippen LogP contribution in [0.3, 0.4) is 0 Å². The molecule has 17 aliphatic rings. The summed E-state index contributed by atoms with van der Waals surface area (Å²) in [5.41, 5.74) is 23.4. The van der Waals surface area contributed by atoms with E-state index in [4.69, 9.17) is 0 Å². The van der Waals surface area contributed by atoms with Crippen LogP contribution in [-0.2, 0) is 0 Å². The molecule has 22 unspecified atom stereocenters. The van der Waals surface area contributed by atoms with Crippen LogP contribution >= 0.6 is 0 Å². The molecule has 18 rings (SSSR count). The molecule has 1 nitrogen and oxygen atoms in total. The topological polar surface area (TPSA) is 3.24 Å². The highest BCUT2D eigenvalue weighted by Crippen LogP contribution is 2.93. The predicted octanol–water partition coefficient (Wildman–Crippen LogP) is 9.14. The van der Waals surface area contributed by atoms with Crippen LogP contribution in [0.4, 0.5) is 0 Å². The number of hydrogen-bond acceptors (Lipinski definition) is 1. The molecular formula is C51H45N. The molecule has 8 fully saturated rings. The van der Waals surface area contributed by atoms with Crippen LogP contribution in [-0.4, -0.2) is 18.0 Å². The second kappa shape index (κ2) is 7.07. The molecule has 1 heteroatoms. The number of allylic oxidation sites excluding steroid dienone is 16. The van der Waals surface area contributed by atoms with Crippen LogP contribution in [0.5, 0.6) is 0 Å². The zero-order chi connectivity index (χ0) is 33.0. The second-order valence-electron chi connectivity index (χ2n) is 21.6. The van der Waals surface area contributed by atoms with Gasteiger partial charge >= 0.3 is 0 Å². The Morgan fingerprint density at radius 2 is 0.865 bits per heavy atom. The lowest BCUT2D eigenvalue weighted by Gasteiger charge is -2.61. The van der Waals surface area contributed by atoms with Gasteiger partial charge in [-0.15, -0.1) is 0 Å². The Labute approximate surface area is 306 Å². The van der Waals surface area contributed by atoms with E-state index in [0.29, 0.717) is 53.5 Å². The maximum Gasteiger partial charge on any atom is 0.0454 e. The van der Waals surface area contributed by atoms with Crippen molar-refractivity contribution in [1.82, 2.24) is 4.90 Å². The van der Waals surface area contributed by atoms with E-state index < -0.39 is 0 Å². The molecule has 254 valence electrons. The fourth-order valence-electron chi connectivity index (χ4n) is 21.9. The van der Waals surface area contributed by atoms with Crippen molar-refractivity contribution in [2.45, 2.75) is 38.8 Å². The molecule has 1 heterocycles. The SMILES string of the molecule is Cc1ccc(C2N(C)C(C)C34C5=C6C7=C8C9C%10C=CC%11C%12C=CC%13C%14C=CC%15C%16C(=C6C6=C(C%13C%12C(=C76)C%119)C%14%16)C23C%15CCC4C2C=CC%10C8C52)cc1. The third-order valence-corrected chi connectivity index (χ3v) is 21.9. The van der Waals surface area contributed by atoms with E-state index in [1.807, 2.05) is 44.6 Å². The fourth-order valence-corrected chi connectivity index (χ4v) is 21.9. The van der Waals surface area contributed by atoms with Gasteiger partial charge in [0.1, 0.15) is 0 Å². The van der Waals surface area contributed by atoms with Crippen LogP contribution in [0.1, 0.15) is 36.9 Å². The summed E-state index contributed by atoms with van der Waals surface area (Å²) in [6.45, 7) is 5.07. The number of hydrogen-bond donors (Lipinski definition) is 0. The first kappa shape index (κ1) is 25.8. The first-order chi connectivity index (χ1) is 25.6. The minimum atomic E-state index is 0.188. The maximum absolute atomic E-state index is 3.02. The number of benzene rings is 1. The van der Waals surface area contributed by atoms with Crippen molar-refractivity contribution in [2.75, 3.05) is 7.05 Å². The fraction of sp³-hybridized carbons (Fsp3) is 0.529. The molecule has 2 spiro atoms. The third-order valence-electron chi connectivity index (χ3n) is 21.9. The number of fused-ring (bicyclic) bond motifs is 5. The Morgan fingerprint density at radius 1 is 0.481 bits per heavy atom. The molecule has 52 heavy (non-hydrogen) atoms. The van der Waals surface area contributed by atoms with Crippen molar-refractivity contribution in [3.8, 4) is 0 Å². The Balaban J connectivity index is 1.10. The first-order valence-corrected chi connectivity index (χ1v) is 21.8. The number of rotatable bonds is 1. The van der Waals surface area contributed by atoms with Crippen molar-refractivity contribution < 1.29 is 0 Å². The molecule has 0 N–H and O–H groups in total. The average Bonchev–Trinajstić information content (AvgIpc) is 4.00. The quantitative estimate of drug-likeness (QED) is 0.269. The highest BCUT2D eigenvalue weighted by atomic mass is 15.3. The Bertz CT molecular complexity index is 2500. The third kappa shape index (κ3) is 1.88. The van der Waals surface area contributed by atoms with Crippen LogP contribution in [0.2, 0.25) is 0 Å². The van der Waals surface area contributed by atoms with Gasteiger partial charge in [0.25, 0.3) is 0 Å². The van der Waals surface area contributed by atoms with Crippen LogP contribution in [0, 0.1) is 124 Å². The molecule has 0 amide bonds. The molecule has 1 aromatic rings. The van der Waals surface area contributed by atoms with Crippen LogP contribution < -0.4 is 0 Å². The van der Waals surface area contributed by atoms with Gasteiger partial charge < -0.3 is 0 Å². The van der Waals surface area contributed by atoms with Gasteiger partial charge in [0.05, 0.1) is 0 Å². The Morgan fingerprint density at radius 3 is 1.35 bits per heavy atom. The van der Waals surface area contributed by atoms with Crippen molar-refractivity contribution in [1.29, 1.82) is 0 Å². The predicted molar refractivity (Wildman–Crippen MR) is 200 cm³/mol. The highest BCUT2D eigenvalue weighted by molar-refractivity contribution is 5.92. The van der Waals surface area contributed by atoms with Gasteiger partial charge in [-0.2, -0.15) is 0 Å². The van der Waals surface area contributed by atoms with Crippen molar-refractivity contribution in [2.24, 2.45) is 117 Å². The van der Waals surface area contributed by atoms with Crippen LogP contribution in [0.15, 0.2) is 129 Å². The highest BCUT2D eigenvalue weighted by Gasteiger charge is 2.88. The summed E-state index contributed by atoms with van der Waals surface area (Å²) in [6.07, 6.45) is 25.8. The first-order valence-electron chi connectivity index (χ1n) is 21.8. The van der Waals surface area contributed by atoms with Gasteiger partial charge in [-0.05, 0) is 185 Å². The van der Waals surface area contributed by atoms with Gasteiger partial charge in [-0.25, -0.2) is 0 Å². The molecule has 1 saturated heterocycles. The summed E-state index contributed by atoms with van der Waals surface area (Å²) in [6, 6.07) is 11.1. The van der Waals surface area contributed by atoms with Gasteiger partial charge in [0, 0.05) is 22.9 Å². The number of likely N-dealkylation sites (tertiary alicyclic amines) is 1. The lowest BCUT2D eigenvalue weighted by molar-refractivity contribution is -0.0336. The van der Waals surface area contributed by atoms with Crippen molar-refractivity contribution in [3.63, 3.8) is 0 Å². The largest absolute Gasteiger partial charge is 0.295 e. The Hall–Kier alpha value is -3.16. The van der Waals surface area contributed by atoms with Gasteiger partial charge in [0.2, 0.25) is 0 Å². The summed E-state index contributed by atoms with van der Waals surface area (Å²) in [5, 5.41) is 0. The molecule has 22 atom stereocenters. The average molecular weight is 672 g/mol. The van der Waals surface area contributed by atoms with E-state index in [1.54, 1.807) is 5.56 Å². The van der Waals surface area contributed by atoms with E-state index in [-0.39, 0.29) is 10.8 Å². The summed E-state index contributed by atoms with van der Waals surface area (Å²) in [5.74, 6) is 13.2. The summed E-state index contributed by atoms with van der Waals surface area (Å²) in [7, 11) is 2.61. The summed E-state index contributed by atoms with van der Waals surface area (Å²) >= 11 is 0. The van der Waals surface area contributed by atoms with E-state index in [9.17, 15) is 0 Å². The standard InChI is InChI=1S/C51H45N/c1-18-4-6-20(7-5-18)49-51-30-17-16-29-27-14-12-25-23-10-8-21-22-9-11-24-26-13-15-28(30)38-36(26)41-34(24)32(22)39-31(21)33(23)40-35(25)37(27)47(50(29,51)19(2)52(49)3)45-43(40)42(39)44(41)46(45)48(38)51/h4-15,19,21-38,49H,16-17H2,1-3H3. The summed E-state index contributed by atoms with van der Waals surface area (Å²) in [4.78, 5) is 3.02. The molecular weight excluding hydrogens is 627 g/mol. The maximum atomic E-state index is 3.02. The molecule has 16 aliphatic carbocycles. The lowest BCUT2D eigenvalue weighted by atomic mass is 9.40. The summed E-state index contributed by atoms with van der Waals surface area (Å²) < 4.78 is 0. The molecule has 1 aliphatic heterocycles. The van der Waals surface area contributed by atoms with E-state index in [2.05, 4.69) is 110 Å². The van der Waals surface area contributed by atoms with E-state index in [1.165, 1.54) is 18.4 Å². The molecule has 0 bridgehead atoms. The van der Waals surface area contributed by atoms with Gasteiger partial charge in [0.15, 0.2) is 0 Å². The smallest absolute Gasteiger partial charge is 0.0454 e. The van der Waals surface area contributed by atoms with E-state index in [0.717, 1.165) is 65.1 Å². The van der Waals surface area contributed by atoms with Crippen LogP contribution in [0.25, 0.3) is 0 Å². The van der Waals surface area contributed by atoms with Crippen molar-refractivity contribution in [3.05, 3.63) is 140 Å². The molecule has 1 aromatic carbocycles. The van der Waals surface area contributed by atoms with Gasteiger partial charge in [-0.1, -0.05) is 95.2 Å². The minimum absolute atomic E-state index is 0.188. The lowest BCUT2D eigenvalue weighted by Crippen LogP contribution is -2.57. The monoisotopic (exact) mass is 671 g/mol. The molecule has 0 aromatic heterocycles. The second-order valence-corrected chi connectivity index (χ2v) is 21.6. The number of aryl methyl sites for hydroxylation is 1. The Kier molecular flexibility index (Phi) is 3.51. The van der Waals surface area contributed by atoms with Crippen molar-refractivity contribution >= 4 is 0 Å². The molecule has 0 radical (unpaired) electrons. The van der Waals surface area contributed by atoms with Gasteiger partial charge in [-0.3, -0.25) is 4.90 Å². The zero-order valence-corrected chi connectivity index (χ0v) is 30.3. The normalized spacial score (nSPS) is 61.8. The van der Waals surface area contributed by atoms with E-state index >= 15 is 0 Å². The zero-order valence-electron chi connectivity index (χ0n) is 30.3. The minimum Gasteiger partial charge on any atom is -0.295 e. The number of nitrogens with zero attached hydrogens (tertiary/aromatic N) is 1.